The van der Waals surface area contributed by atoms with Crippen LogP contribution in [-0.4, -0.2) is 37.8 Å². The molecule has 1 heterocycles. The van der Waals surface area contributed by atoms with Gasteiger partial charge in [0.1, 0.15) is 6.33 Å². The predicted octanol–water partition coefficient (Wildman–Crippen LogP) is 4.23. The molecule has 0 saturated carbocycles. The Kier molecular flexibility index (Phi) is 7.83. The Morgan fingerprint density at radius 2 is 1.70 bits per heavy atom. The molecule has 0 radical (unpaired) electrons. The molecule has 2 aliphatic carbocycles. The van der Waals surface area contributed by atoms with E-state index in [2.05, 4.69) is 15.2 Å². The predicted molar refractivity (Wildman–Crippen MR) is 166 cm³/mol. The van der Waals surface area contributed by atoms with Crippen LogP contribution in [0, 0.1) is 10.4 Å². The lowest BCUT2D eigenvalue weighted by Gasteiger charge is -2.28. The Morgan fingerprint density at radius 3 is 2.41 bits per heavy atom. The van der Waals surface area contributed by atoms with Crippen LogP contribution in [0.15, 0.2) is 97.5 Å². The number of nitrogens with zero attached hydrogens (tertiary/aromatic N) is 3. The van der Waals surface area contributed by atoms with Gasteiger partial charge in [0.05, 0.1) is 12.1 Å². The zero-order valence-electron chi connectivity index (χ0n) is 23.2. The van der Waals surface area contributed by atoms with E-state index in [4.69, 9.17) is 22.4 Å². The zero-order chi connectivity index (χ0) is 30.8. The van der Waals surface area contributed by atoms with Gasteiger partial charge < -0.3 is 10.8 Å². The lowest BCUT2D eigenvalue weighted by molar-refractivity contribution is -0.120. The first-order valence-electron chi connectivity index (χ1n) is 13.8. The van der Waals surface area contributed by atoms with E-state index < -0.39 is 17.8 Å². The number of carboxylic acids is 1. The standard InChI is InChI=1S/C31H22ClNO2.C4H3N3O2/c32-22-11-8-18(9-12-22)14-27-29-21(16-26(31(27)35)19-5-3-6-23(33)15-19)10-13-25-24-7-2-1-4-20(24)17-28(34)30(25)29;8-4(9)3-1-5-2-6-7-3/h1-13,15-17,26-27H,14,33H2;1-2H,(H,8,9). The lowest BCUT2D eigenvalue weighted by Crippen LogP contribution is -2.35. The van der Waals surface area contributed by atoms with Gasteiger partial charge in [-0.3, -0.25) is 9.59 Å². The maximum absolute atomic E-state index is 14.1. The van der Waals surface area contributed by atoms with Crippen molar-refractivity contribution in [2.45, 2.75) is 18.3 Å². The number of anilines is 1. The van der Waals surface area contributed by atoms with Crippen LogP contribution in [-0.2, 0) is 11.2 Å². The summed E-state index contributed by atoms with van der Waals surface area (Å²) >= 11 is 6.11. The van der Waals surface area contributed by atoms with Gasteiger partial charge in [-0.15, -0.1) is 10.2 Å². The largest absolute Gasteiger partial charge is 0.476 e. The molecule has 7 rings (SSSR count). The number of hydrogen-bond donors (Lipinski definition) is 2. The number of carboxylic acid groups (broad SMARTS) is 1. The van der Waals surface area contributed by atoms with Crippen molar-refractivity contribution in [2.24, 2.45) is 0 Å². The monoisotopic (exact) mass is 600 g/mol. The zero-order valence-corrected chi connectivity index (χ0v) is 24.0. The third-order valence-corrected chi connectivity index (χ3v) is 7.98. The molecule has 1 aromatic heterocycles. The second-order valence-corrected chi connectivity index (χ2v) is 10.9. The van der Waals surface area contributed by atoms with Crippen molar-refractivity contribution < 1.29 is 19.5 Å². The average molecular weight is 601 g/mol. The summed E-state index contributed by atoms with van der Waals surface area (Å²) in [5, 5.41) is 19.2. The van der Waals surface area contributed by atoms with Crippen molar-refractivity contribution in [1.29, 1.82) is 0 Å². The number of ketones is 2. The SMILES string of the molecule is Nc1cccc(C2C=c3ccc4c(c3C(Cc3ccc(Cl)cc3)C2=O)C(=O)C=c2ccccc2=4)c1.O=C(O)c1cncnn1. The molecular formula is C35H25ClN4O4. The molecule has 8 nitrogen and oxygen atoms in total. The molecular weight excluding hydrogens is 576 g/mol. The molecule has 2 atom stereocenters. The maximum atomic E-state index is 14.1. The second kappa shape index (κ2) is 12.0. The van der Waals surface area contributed by atoms with E-state index in [0.29, 0.717) is 22.7 Å². The fraction of sp³-hybridized carbons (Fsp3) is 0.0857. The van der Waals surface area contributed by atoms with Crippen molar-refractivity contribution in [3.63, 3.8) is 0 Å². The molecule has 216 valence electrons. The Hall–Kier alpha value is -5.47. The number of aromatic nitrogens is 3. The van der Waals surface area contributed by atoms with E-state index in [9.17, 15) is 14.4 Å². The summed E-state index contributed by atoms with van der Waals surface area (Å²) in [6.07, 6.45) is 6.47. The molecule has 0 bridgehead atoms. The highest BCUT2D eigenvalue weighted by molar-refractivity contribution is 6.30. The number of carbonyl (C=O) groups is 3. The number of rotatable bonds is 4. The first-order valence-corrected chi connectivity index (χ1v) is 14.2. The summed E-state index contributed by atoms with van der Waals surface area (Å²) in [5.41, 5.74) is 9.84. The normalized spacial score (nSPS) is 16.2. The fourth-order valence-corrected chi connectivity index (χ4v) is 5.89. The number of nitrogen functional groups attached to an aromatic ring is 1. The van der Waals surface area contributed by atoms with Gasteiger partial charge in [-0.2, -0.15) is 0 Å². The Balaban J connectivity index is 0.000000329. The number of benzene rings is 4. The number of Topliss-reactive ketones (excluding diaryl/α,β-unsaturated/α-hetero) is 2. The van der Waals surface area contributed by atoms with Crippen LogP contribution in [0.5, 0.6) is 0 Å². The molecule has 0 saturated heterocycles. The second-order valence-electron chi connectivity index (χ2n) is 10.5. The van der Waals surface area contributed by atoms with Gasteiger partial charge in [0.25, 0.3) is 0 Å². The van der Waals surface area contributed by atoms with Crippen LogP contribution in [0.4, 0.5) is 5.69 Å². The van der Waals surface area contributed by atoms with E-state index >= 15 is 0 Å². The molecule has 44 heavy (non-hydrogen) atoms. The molecule has 4 aromatic carbocycles. The first kappa shape index (κ1) is 28.6. The van der Waals surface area contributed by atoms with Gasteiger partial charge >= 0.3 is 5.97 Å². The van der Waals surface area contributed by atoms with Crippen LogP contribution < -0.4 is 16.2 Å². The third-order valence-electron chi connectivity index (χ3n) is 7.73. The number of hydrogen-bond acceptors (Lipinski definition) is 7. The number of carbonyl (C=O) groups excluding carboxylic acids is 2. The molecule has 9 heteroatoms. The summed E-state index contributed by atoms with van der Waals surface area (Å²) in [7, 11) is 0. The van der Waals surface area contributed by atoms with Gasteiger partial charge in [0.15, 0.2) is 17.3 Å². The summed E-state index contributed by atoms with van der Waals surface area (Å²) < 4.78 is 0. The highest BCUT2D eigenvalue weighted by atomic mass is 35.5. The van der Waals surface area contributed by atoms with Crippen LogP contribution in [0.3, 0.4) is 0 Å². The molecule has 2 aliphatic rings. The van der Waals surface area contributed by atoms with E-state index in [1.165, 1.54) is 6.33 Å². The quantitative estimate of drug-likeness (QED) is 0.293. The highest BCUT2D eigenvalue weighted by Crippen LogP contribution is 2.35. The van der Waals surface area contributed by atoms with Crippen molar-refractivity contribution in [1.82, 2.24) is 15.2 Å². The van der Waals surface area contributed by atoms with Gasteiger partial charge in [-0.25, -0.2) is 9.78 Å². The van der Waals surface area contributed by atoms with Crippen molar-refractivity contribution >= 4 is 47.0 Å². The summed E-state index contributed by atoms with van der Waals surface area (Å²) in [5.74, 6) is -2.01. The maximum Gasteiger partial charge on any atom is 0.358 e. The fourth-order valence-electron chi connectivity index (χ4n) is 5.77. The Labute approximate surface area is 256 Å². The van der Waals surface area contributed by atoms with Gasteiger partial charge in [-0.05, 0) is 74.3 Å². The van der Waals surface area contributed by atoms with Crippen molar-refractivity contribution in [3.8, 4) is 0 Å². The summed E-state index contributed by atoms with van der Waals surface area (Å²) in [6, 6.07) is 27.0. The first-order chi connectivity index (χ1) is 21.3. The minimum atomic E-state index is -1.12. The van der Waals surface area contributed by atoms with Crippen LogP contribution >= 0.6 is 11.6 Å². The summed E-state index contributed by atoms with van der Waals surface area (Å²) in [6.45, 7) is 0. The number of halogens is 1. The molecule has 5 aromatic rings. The van der Waals surface area contributed by atoms with Gasteiger partial charge in [0.2, 0.25) is 0 Å². The van der Waals surface area contributed by atoms with E-state index in [0.717, 1.165) is 43.8 Å². The topological polar surface area (TPSA) is 136 Å². The van der Waals surface area contributed by atoms with E-state index in [-0.39, 0.29) is 17.3 Å². The van der Waals surface area contributed by atoms with E-state index in [1.807, 2.05) is 91.0 Å². The third kappa shape index (κ3) is 5.63. The van der Waals surface area contributed by atoms with Crippen LogP contribution in [0.1, 0.15) is 49.4 Å². The van der Waals surface area contributed by atoms with Gasteiger partial charge in [-0.1, -0.05) is 78.3 Å². The van der Waals surface area contributed by atoms with Crippen molar-refractivity contribution in [3.05, 3.63) is 151 Å². The lowest BCUT2D eigenvalue weighted by atomic mass is 9.73. The molecule has 0 amide bonds. The Bertz CT molecular complexity index is 2150. The Morgan fingerprint density at radius 1 is 0.909 bits per heavy atom. The molecule has 2 unspecified atom stereocenters. The van der Waals surface area contributed by atoms with Gasteiger partial charge in [0, 0.05) is 22.2 Å². The summed E-state index contributed by atoms with van der Waals surface area (Å²) in [4.78, 5) is 41.1. The minimum Gasteiger partial charge on any atom is -0.476 e. The molecule has 3 N–H and O–H groups in total. The molecule has 0 fully saturated rings. The molecule has 0 spiro atoms. The number of fused-ring (bicyclic) bond motifs is 4. The number of nitrogens with two attached hydrogens (primary N) is 1. The smallest absolute Gasteiger partial charge is 0.358 e. The average Bonchev–Trinajstić information content (AvgIpc) is 3.03. The minimum absolute atomic E-state index is 0.0553. The van der Waals surface area contributed by atoms with Crippen LogP contribution in [0.2, 0.25) is 5.02 Å². The molecule has 0 aliphatic heterocycles. The van der Waals surface area contributed by atoms with Crippen molar-refractivity contribution in [2.75, 3.05) is 5.73 Å². The van der Waals surface area contributed by atoms with E-state index in [1.54, 1.807) is 6.08 Å². The highest BCUT2D eigenvalue weighted by Gasteiger charge is 2.35. The van der Waals surface area contributed by atoms with Crippen LogP contribution in [0.25, 0.3) is 12.2 Å². The number of aromatic carboxylic acids is 1.